The lowest BCUT2D eigenvalue weighted by Crippen LogP contribution is -1.97. The van der Waals surface area contributed by atoms with E-state index in [2.05, 4.69) is 9.97 Å². The smallest absolute Gasteiger partial charge is 0.371 e. The van der Waals surface area contributed by atoms with Gasteiger partial charge in [-0.05, 0) is 10.4 Å². The third-order valence-electron chi connectivity index (χ3n) is 0.822. The third-order valence-corrected chi connectivity index (χ3v) is 1.47. The van der Waals surface area contributed by atoms with Crippen LogP contribution >= 0.6 is 23.2 Å². The fourth-order valence-electron chi connectivity index (χ4n) is 0.432. The fourth-order valence-corrected chi connectivity index (χ4v) is 0.696. The molecule has 0 aromatic carbocycles. The van der Waals surface area contributed by atoms with Crippen molar-refractivity contribution in [1.82, 2.24) is 9.97 Å². The molecule has 70 valence electrons. The average Bonchev–Trinajstić information content (AvgIpc) is 2.34. The molecule has 1 aromatic heterocycles. The zero-order chi connectivity index (χ0) is 10.4. The van der Waals surface area contributed by atoms with E-state index in [1.165, 1.54) is 0 Å². The summed E-state index contributed by atoms with van der Waals surface area (Å²) in [7, 11) is 0. The first-order chi connectivity index (χ1) is 6.02. The molecule has 0 unspecified atom stereocenters. The Morgan fingerprint density at radius 1 is 1.69 bits per heavy atom. The van der Waals surface area contributed by atoms with Gasteiger partial charge < -0.3 is 10.1 Å². The first-order valence-electron chi connectivity index (χ1n) is 2.68. The molecule has 0 aliphatic rings. The Kier molecular flexibility index (Phi) is 4.68. The number of carboxylic acids is 1. The van der Waals surface area contributed by atoms with Gasteiger partial charge in [0.15, 0.2) is 5.15 Å². The van der Waals surface area contributed by atoms with Crippen LogP contribution in [-0.4, -0.2) is 21.0 Å². The summed E-state index contributed by atoms with van der Waals surface area (Å²) in [4.78, 5) is 17.6. The monoisotopic (exact) mass is 223 g/mol. The van der Waals surface area contributed by atoms with Gasteiger partial charge in [0.05, 0.1) is 0 Å². The minimum atomic E-state index is -1.19. The number of rotatable bonds is 1. The number of hydrogen-bond acceptors (Lipinski definition) is 3. The number of H-pyrrole nitrogens is 1. The van der Waals surface area contributed by atoms with Crippen molar-refractivity contribution in [1.29, 1.82) is 5.53 Å². The van der Waals surface area contributed by atoms with Crippen molar-refractivity contribution in [3.05, 3.63) is 26.6 Å². The lowest BCUT2D eigenvalue weighted by molar-refractivity contribution is 0.0685. The zero-order valence-corrected chi connectivity index (χ0v) is 7.46. The van der Waals surface area contributed by atoms with Gasteiger partial charge in [0.25, 0.3) is 0 Å². The van der Waals surface area contributed by atoms with E-state index in [1.807, 2.05) is 0 Å². The summed E-state index contributed by atoms with van der Waals surface area (Å²) >= 11 is 10.7. The molecule has 0 bridgehead atoms. The van der Waals surface area contributed by atoms with Crippen LogP contribution in [0.4, 0.5) is 0 Å². The molecule has 0 fully saturated rings. The van der Waals surface area contributed by atoms with Crippen LogP contribution in [0.15, 0.2) is 0 Å². The molecule has 1 heterocycles. The number of carbonyl (C=O) groups is 1. The first-order valence-corrected chi connectivity index (χ1v) is 3.43. The molecular weight excluding hydrogens is 221 g/mol. The minimum Gasteiger partial charge on any atom is -0.475 e. The summed E-state index contributed by atoms with van der Waals surface area (Å²) in [6.07, 6.45) is 0. The average molecular weight is 224 g/mol. The SMILES string of the molecule is O=C(O)c1nc(Cl)c(Cl)[nH]1.[N-]=[N+]=N. The maximum absolute atomic E-state index is 10.2. The Morgan fingerprint density at radius 2 is 2.15 bits per heavy atom. The van der Waals surface area contributed by atoms with Crippen molar-refractivity contribution in [3.63, 3.8) is 0 Å². The van der Waals surface area contributed by atoms with E-state index < -0.39 is 5.97 Å². The number of aromatic carboxylic acids is 1. The molecule has 13 heavy (non-hydrogen) atoms. The largest absolute Gasteiger partial charge is 0.475 e. The number of aromatic nitrogens is 2. The summed E-state index contributed by atoms with van der Waals surface area (Å²) in [6.45, 7) is 0. The van der Waals surface area contributed by atoms with Crippen LogP contribution in [0.2, 0.25) is 10.3 Å². The van der Waals surface area contributed by atoms with Crippen molar-refractivity contribution in [2.75, 3.05) is 0 Å². The van der Waals surface area contributed by atoms with Gasteiger partial charge in [-0.15, -0.1) is 5.53 Å². The highest BCUT2D eigenvalue weighted by molar-refractivity contribution is 6.40. The molecule has 0 aliphatic heterocycles. The van der Waals surface area contributed by atoms with E-state index in [0.29, 0.717) is 0 Å². The van der Waals surface area contributed by atoms with Gasteiger partial charge in [-0.25, -0.2) is 9.78 Å². The topological polar surface area (TPSA) is 126 Å². The number of carboxylic acid groups (broad SMARTS) is 1. The van der Waals surface area contributed by atoms with Crippen LogP contribution < -0.4 is 0 Å². The molecule has 7 nitrogen and oxygen atoms in total. The first kappa shape index (κ1) is 11.6. The lowest BCUT2D eigenvalue weighted by atomic mass is 10.6. The van der Waals surface area contributed by atoms with E-state index in [-0.39, 0.29) is 16.1 Å². The highest BCUT2D eigenvalue weighted by Crippen LogP contribution is 2.17. The normalized spacial score (nSPS) is 8.15. The Hall–Kier alpha value is -1.43. The van der Waals surface area contributed by atoms with Gasteiger partial charge in [-0.1, -0.05) is 23.2 Å². The highest BCUT2D eigenvalue weighted by Gasteiger charge is 2.10. The molecule has 1 aromatic rings. The number of halogens is 2. The van der Waals surface area contributed by atoms with Gasteiger partial charge in [0.2, 0.25) is 5.82 Å². The maximum Gasteiger partial charge on any atom is 0.371 e. The fraction of sp³-hybridized carbons (Fsp3) is 0. The molecule has 0 amide bonds. The predicted molar refractivity (Wildman–Crippen MR) is 45.0 cm³/mol. The van der Waals surface area contributed by atoms with Crippen molar-refractivity contribution in [2.45, 2.75) is 0 Å². The van der Waals surface area contributed by atoms with E-state index in [4.69, 9.17) is 39.4 Å². The predicted octanol–water partition coefficient (Wildman–Crippen LogP) is 2.29. The van der Waals surface area contributed by atoms with Crippen molar-refractivity contribution < 1.29 is 9.90 Å². The Balaban J connectivity index is 0.000000424. The van der Waals surface area contributed by atoms with Gasteiger partial charge >= 0.3 is 5.97 Å². The molecule has 0 atom stereocenters. The van der Waals surface area contributed by atoms with E-state index in [9.17, 15) is 4.79 Å². The van der Waals surface area contributed by atoms with Gasteiger partial charge in [0, 0.05) is 0 Å². The maximum atomic E-state index is 10.2. The van der Waals surface area contributed by atoms with Crippen molar-refractivity contribution >= 4 is 29.2 Å². The van der Waals surface area contributed by atoms with Crippen LogP contribution in [0.3, 0.4) is 0 Å². The molecule has 1 rings (SSSR count). The second-order valence-electron chi connectivity index (χ2n) is 1.60. The number of aromatic amines is 1. The molecule has 0 aliphatic carbocycles. The Bertz CT molecular complexity index is 323. The standard InChI is InChI=1S/C4H2Cl2N2O2.HN3/c5-1-2(6)8-3(7-1)4(9)10;1-3-2/h(H,7,8)(H,9,10);1H. The molecule has 0 spiro atoms. The number of imidazole rings is 1. The van der Waals surface area contributed by atoms with Crippen LogP contribution in [0.1, 0.15) is 10.6 Å². The second-order valence-corrected chi connectivity index (χ2v) is 2.33. The number of nitrogens with one attached hydrogen (secondary N) is 2. The van der Waals surface area contributed by atoms with E-state index >= 15 is 0 Å². The zero-order valence-electron chi connectivity index (χ0n) is 5.95. The summed E-state index contributed by atoms with van der Waals surface area (Å²) < 4.78 is 0. The number of nitrogens with zero attached hydrogens (tertiary/aromatic N) is 3. The van der Waals surface area contributed by atoms with Crippen molar-refractivity contribution in [3.8, 4) is 0 Å². The van der Waals surface area contributed by atoms with E-state index in [1.54, 1.807) is 4.91 Å². The molecule has 9 heteroatoms. The van der Waals surface area contributed by atoms with Crippen LogP contribution in [0.5, 0.6) is 0 Å². The summed E-state index contributed by atoms with van der Waals surface area (Å²) in [6, 6.07) is 0. The van der Waals surface area contributed by atoms with Crippen LogP contribution in [-0.2, 0) is 0 Å². The second kappa shape index (κ2) is 5.26. The summed E-state index contributed by atoms with van der Waals surface area (Å²) in [5.41, 5.74) is 12.2. The summed E-state index contributed by atoms with van der Waals surface area (Å²) in [5.74, 6) is -1.44. The van der Waals surface area contributed by atoms with E-state index in [0.717, 1.165) is 0 Å². The van der Waals surface area contributed by atoms with Gasteiger partial charge in [0.1, 0.15) is 5.15 Å². The summed E-state index contributed by atoms with van der Waals surface area (Å²) in [5, 5.41) is 8.32. The van der Waals surface area contributed by atoms with Gasteiger partial charge in [-0.2, -0.15) is 0 Å². The molecule has 3 N–H and O–H groups in total. The number of hydrogen-bond donors (Lipinski definition) is 3. The molecule has 0 saturated carbocycles. The third kappa shape index (κ3) is 3.66. The minimum absolute atomic E-state index is 0.0286. The van der Waals surface area contributed by atoms with Crippen molar-refractivity contribution in [2.24, 2.45) is 0 Å². The van der Waals surface area contributed by atoms with Gasteiger partial charge in [-0.3, -0.25) is 0 Å². The van der Waals surface area contributed by atoms with Crippen LogP contribution in [0, 0.1) is 5.53 Å². The molecule has 0 saturated heterocycles. The Labute approximate surface area is 81.7 Å². The quantitative estimate of drug-likeness (QED) is 0.384. The lowest BCUT2D eigenvalue weighted by Gasteiger charge is -1.80. The Morgan fingerprint density at radius 3 is 2.31 bits per heavy atom. The highest BCUT2D eigenvalue weighted by atomic mass is 35.5. The van der Waals surface area contributed by atoms with Crippen LogP contribution in [0.25, 0.3) is 10.4 Å². The molecule has 0 radical (unpaired) electrons. The molecular formula is C4H3Cl2N5O2.